The monoisotopic (exact) mass is 444 g/mol. The van der Waals surface area contributed by atoms with Gasteiger partial charge < -0.3 is 15.8 Å². The highest BCUT2D eigenvalue weighted by atomic mass is 32.1. The third kappa shape index (κ3) is 3.76. The predicted molar refractivity (Wildman–Crippen MR) is 123 cm³/mol. The van der Waals surface area contributed by atoms with Crippen LogP contribution in [0.25, 0.3) is 11.3 Å². The van der Waals surface area contributed by atoms with E-state index in [0.29, 0.717) is 10.4 Å². The van der Waals surface area contributed by atoms with Crippen LogP contribution in [0.4, 0.5) is 10.7 Å². The first-order chi connectivity index (χ1) is 15.6. The van der Waals surface area contributed by atoms with Gasteiger partial charge in [-0.05, 0) is 53.8 Å². The molecule has 0 unspecified atom stereocenters. The molecule has 1 aliphatic rings. The number of anilines is 2. The number of benzene rings is 2. The van der Waals surface area contributed by atoms with Gasteiger partial charge in [0.05, 0.1) is 22.3 Å². The molecule has 0 saturated heterocycles. The number of primary amides is 1. The van der Waals surface area contributed by atoms with Crippen molar-refractivity contribution in [1.29, 1.82) is 0 Å². The van der Waals surface area contributed by atoms with Gasteiger partial charge in [-0.2, -0.15) is 5.10 Å². The van der Waals surface area contributed by atoms with Crippen molar-refractivity contribution in [2.75, 3.05) is 5.32 Å². The summed E-state index contributed by atoms with van der Waals surface area (Å²) < 4.78 is 5.39. The van der Waals surface area contributed by atoms with Gasteiger partial charge in [-0.25, -0.2) is 4.79 Å². The van der Waals surface area contributed by atoms with Crippen molar-refractivity contribution in [1.82, 2.24) is 10.2 Å². The summed E-state index contributed by atoms with van der Waals surface area (Å²) in [5.74, 6) is -0.814. The van der Waals surface area contributed by atoms with Gasteiger partial charge in [0, 0.05) is 11.3 Å². The summed E-state index contributed by atoms with van der Waals surface area (Å²) >= 11 is 1.34. The maximum atomic E-state index is 12.4. The summed E-state index contributed by atoms with van der Waals surface area (Å²) in [7, 11) is 0. The first-order valence-electron chi connectivity index (χ1n) is 10.2. The molecule has 4 N–H and O–H groups in total. The second kappa shape index (κ2) is 8.32. The summed E-state index contributed by atoms with van der Waals surface area (Å²) in [6.07, 6.45) is 3.37. The highest BCUT2D eigenvalue weighted by molar-refractivity contribution is 7.19. The Balaban J connectivity index is 1.35. The topological polar surface area (TPSA) is 110 Å². The van der Waals surface area contributed by atoms with E-state index in [2.05, 4.69) is 15.5 Å². The third-order valence-electron chi connectivity index (χ3n) is 5.43. The van der Waals surface area contributed by atoms with E-state index >= 15 is 0 Å². The average Bonchev–Trinajstić information content (AvgIpc) is 3.43. The molecule has 7 nitrogen and oxygen atoms in total. The second-order valence-corrected chi connectivity index (χ2v) is 8.53. The Kier molecular flexibility index (Phi) is 5.20. The fourth-order valence-corrected chi connectivity index (χ4v) is 4.99. The molecule has 2 aromatic carbocycles. The van der Waals surface area contributed by atoms with Gasteiger partial charge in [0.1, 0.15) is 11.6 Å². The van der Waals surface area contributed by atoms with Gasteiger partial charge >= 0.3 is 5.97 Å². The van der Waals surface area contributed by atoms with Crippen LogP contribution in [0.2, 0.25) is 0 Å². The van der Waals surface area contributed by atoms with Crippen LogP contribution in [-0.4, -0.2) is 22.1 Å². The number of esters is 1. The number of nitrogens with zero attached hydrogens (tertiary/aromatic N) is 1. The van der Waals surface area contributed by atoms with Crippen molar-refractivity contribution in [3.8, 4) is 11.3 Å². The number of aromatic amines is 1. The lowest BCUT2D eigenvalue weighted by atomic mass is 9.91. The summed E-state index contributed by atoms with van der Waals surface area (Å²) in [6, 6.07) is 16.6. The number of aromatic nitrogens is 2. The fourth-order valence-electron chi connectivity index (χ4n) is 3.86. The number of thiophene rings is 1. The minimum Gasteiger partial charge on any atom is -0.457 e. The van der Waals surface area contributed by atoms with E-state index in [1.165, 1.54) is 11.3 Å². The smallest absolute Gasteiger partial charge is 0.338 e. The minimum atomic E-state index is -0.432. The lowest BCUT2D eigenvalue weighted by molar-refractivity contribution is 0.0472. The molecule has 5 rings (SSSR count). The number of hydrogen-bond donors (Lipinski definition) is 3. The van der Waals surface area contributed by atoms with E-state index in [0.717, 1.165) is 51.5 Å². The average molecular weight is 445 g/mol. The Labute approximate surface area is 188 Å². The normalized spacial score (nSPS) is 12.0. The Bertz CT molecular complexity index is 1290. The molecule has 1 aliphatic carbocycles. The molecule has 2 heterocycles. The lowest BCUT2D eigenvalue weighted by Gasteiger charge is -2.15. The van der Waals surface area contributed by atoms with Gasteiger partial charge in [-0.15, -0.1) is 11.3 Å². The van der Waals surface area contributed by atoms with Crippen LogP contribution in [0, 0.1) is 0 Å². The molecule has 0 aliphatic heterocycles. The molecule has 2 aromatic heterocycles. The number of carbonyl (C=O) groups is 2. The van der Waals surface area contributed by atoms with Crippen molar-refractivity contribution in [3.05, 3.63) is 87.9 Å². The molecule has 0 bridgehead atoms. The van der Waals surface area contributed by atoms with Crippen LogP contribution in [0.15, 0.2) is 60.8 Å². The molecular formula is C24H20N4O3S. The van der Waals surface area contributed by atoms with E-state index in [-0.39, 0.29) is 12.6 Å². The van der Waals surface area contributed by atoms with Crippen LogP contribution in [0.1, 0.15) is 36.7 Å². The van der Waals surface area contributed by atoms with Crippen LogP contribution in [0.3, 0.4) is 0 Å². The van der Waals surface area contributed by atoms with Gasteiger partial charge in [0.2, 0.25) is 0 Å². The highest BCUT2D eigenvalue weighted by Crippen LogP contribution is 2.45. The van der Waals surface area contributed by atoms with Crippen molar-refractivity contribution in [2.45, 2.75) is 19.4 Å². The molecule has 0 spiro atoms. The number of hydrogen-bond acceptors (Lipinski definition) is 6. The van der Waals surface area contributed by atoms with E-state index in [9.17, 15) is 9.59 Å². The summed E-state index contributed by atoms with van der Waals surface area (Å²) in [5.41, 5.74) is 11.7. The number of carbonyl (C=O) groups excluding carboxylic acids is 2. The van der Waals surface area contributed by atoms with Crippen molar-refractivity contribution < 1.29 is 14.3 Å². The molecule has 0 fully saturated rings. The van der Waals surface area contributed by atoms with Gasteiger partial charge in [-0.3, -0.25) is 9.89 Å². The quantitative estimate of drug-likeness (QED) is 0.381. The van der Waals surface area contributed by atoms with E-state index < -0.39 is 5.91 Å². The SMILES string of the molecule is NC(=O)c1sc(Nc2ccc(C(=O)OCc3ccccc3)cc2)c2c1CCc1cn[nH]c1-2. The van der Waals surface area contributed by atoms with E-state index in [4.69, 9.17) is 10.5 Å². The van der Waals surface area contributed by atoms with E-state index in [1.54, 1.807) is 12.1 Å². The Hall–Kier alpha value is -3.91. The Morgan fingerprint density at radius 3 is 2.62 bits per heavy atom. The van der Waals surface area contributed by atoms with Crippen molar-refractivity contribution in [3.63, 3.8) is 0 Å². The maximum absolute atomic E-state index is 12.4. The number of aryl methyl sites for hydroxylation is 1. The number of amides is 1. The summed E-state index contributed by atoms with van der Waals surface area (Å²) in [4.78, 5) is 24.9. The molecule has 0 saturated carbocycles. The van der Waals surface area contributed by atoms with Crippen LogP contribution < -0.4 is 11.1 Å². The second-order valence-electron chi connectivity index (χ2n) is 7.51. The molecular weight excluding hydrogens is 424 g/mol. The summed E-state index contributed by atoms with van der Waals surface area (Å²) in [5, 5.41) is 11.4. The van der Waals surface area contributed by atoms with Gasteiger partial charge in [-0.1, -0.05) is 30.3 Å². The number of ether oxygens (including phenoxy) is 1. The molecule has 160 valence electrons. The minimum absolute atomic E-state index is 0.226. The number of rotatable bonds is 6. The molecule has 0 radical (unpaired) electrons. The zero-order valence-corrected chi connectivity index (χ0v) is 17.9. The zero-order chi connectivity index (χ0) is 22.1. The van der Waals surface area contributed by atoms with Gasteiger partial charge in [0.15, 0.2) is 0 Å². The van der Waals surface area contributed by atoms with Crippen LogP contribution in [0.5, 0.6) is 0 Å². The first-order valence-corrected chi connectivity index (χ1v) is 11.0. The largest absolute Gasteiger partial charge is 0.457 e. The maximum Gasteiger partial charge on any atom is 0.338 e. The molecule has 4 aromatic rings. The van der Waals surface area contributed by atoms with Crippen LogP contribution >= 0.6 is 11.3 Å². The number of nitrogens with one attached hydrogen (secondary N) is 2. The van der Waals surface area contributed by atoms with Crippen molar-refractivity contribution >= 4 is 33.9 Å². The third-order valence-corrected chi connectivity index (χ3v) is 6.60. The zero-order valence-electron chi connectivity index (χ0n) is 17.1. The molecule has 0 atom stereocenters. The first kappa shape index (κ1) is 20.0. The number of H-pyrrole nitrogens is 1. The highest BCUT2D eigenvalue weighted by Gasteiger charge is 2.28. The van der Waals surface area contributed by atoms with Crippen LogP contribution in [-0.2, 0) is 24.2 Å². The molecule has 8 heteroatoms. The standard InChI is InChI=1S/C24H20N4O3S/c25-22(29)21-18-11-8-16-12-26-28-20(16)19(18)23(32-21)27-17-9-6-15(7-10-17)24(30)31-13-14-4-2-1-3-5-14/h1-7,9-10,12,27H,8,11,13H2,(H2,25,29)(H,26,28). The number of nitrogens with two attached hydrogens (primary N) is 1. The van der Waals surface area contributed by atoms with E-state index in [1.807, 2.05) is 48.7 Å². The fraction of sp³-hybridized carbons (Fsp3) is 0.125. The Morgan fingerprint density at radius 1 is 1.09 bits per heavy atom. The lowest BCUT2D eigenvalue weighted by Crippen LogP contribution is -2.13. The number of fused-ring (bicyclic) bond motifs is 3. The van der Waals surface area contributed by atoms with Crippen molar-refractivity contribution in [2.24, 2.45) is 5.73 Å². The Morgan fingerprint density at radius 2 is 1.88 bits per heavy atom. The molecule has 32 heavy (non-hydrogen) atoms. The van der Waals surface area contributed by atoms with Gasteiger partial charge in [0.25, 0.3) is 5.91 Å². The molecule has 1 amide bonds. The summed E-state index contributed by atoms with van der Waals surface area (Å²) in [6.45, 7) is 0.226. The predicted octanol–water partition coefficient (Wildman–Crippen LogP) is 4.44.